The minimum absolute atomic E-state index is 0. The first kappa shape index (κ1) is 10.2. The van der Waals surface area contributed by atoms with E-state index < -0.39 is 0 Å². The Kier molecular flexibility index (Phi) is 9.07. The molecule has 0 aromatic carbocycles. The summed E-state index contributed by atoms with van der Waals surface area (Å²) in [6.07, 6.45) is 0. The molecule has 0 rings (SSSR count). The normalized spacial score (nSPS) is 6.57. The highest BCUT2D eigenvalue weighted by atomic mass is 127. The van der Waals surface area contributed by atoms with Gasteiger partial charge in [-0.2, -0.15) is 0 Å². The summed E-state index contributed by atoms with van der Waals surface area (Å²) >= 11 is 0. The van der Waals surface area contributed by atoms with Crippen molar-refractivity contribution in [2.75, 3.05) is 6.61 Å². The van der Waals surface area contributed by atoms with Crippen LogP contribution >= 0.6 is 24.0 Å². The van der Waals surface area contributed by atoms with E-state index in [0.717, 1.165) is 0 Å². The van der Waals surface area contributed by atoms with Gasteiger partial charge < -0.3 is 4.74 Å². The molecule has 0 atom stereocenters. The van der Waals surface area contributed by atoms with E-state index >= 15 is 0 Å². The maximum absolute atomic E-state index is 9.82. The third-order valence-corrected chi connectivity index (χ3v) is 0.348. The van der Waals surface area contributed by atoms with Gasteiger partial charge in [0.2, 0.25) is 0 Å². The molecule has 7 heavy (non-hydrogen) atoms. The second-order valence-corrected chi connectivity index (χ2v) is 0.925. The van der Waals surface area contributed by atoms with Gasteiger partial charge in [-0.3, -0.25) is 4.79 Å². The van der Waals surface area contributed by atoms with E-state index in [2.05, 4.69) is 4.74 Å². The zero-order valence-electron chi connectivity index (χ0n) is 4.43. The largest absolute Gasteiger partial charge is 0.466 e. The molecule has 0 unspecified atom stereocenters. The third-order valence-electron chi connectivity index (χ3n) is 0.348. The van der Waals surface area contributed by atoms with Crippen LogP contribution in [0.5, 0.6) is 0 Å². The number of halogens is 1. The lowest BCUT2D eigenvalue weighted by molar-refractivity contribution is -0.140. The fraction of sp³-hybridized carbons (Fsp3) is 0.750. The van der Waals surface area contributed by atoms with Crippen molar-refractivity contribution in [3.05, 3.63) is 0 Å². The quantitative estimate of drug-likeness (QED) is 0.486. The van der Waals surface area contributed by atoms with Gasteiger partial charge in [0, 0.05) is 6.92 Å². The van der Waals surface area contributed by atoms with Gasteiger partial charge in [-0.05, 0) is 6.92 Å². The van der Waals surface area contributed by atoms with Crippen molar-refractivity contribution in [2.45, 2.75) is 13.8 Å². The Morgan fingerprint density at radius 1 is 1.71 bits per heavy atom. The van der Waals surface area contributed by atoms with Crippen LogP contribution in [-0.4, -0.2) is 12.6 Å². The van der Waals surface area contributed by atoms with Crippen molar-refractivity contribution in [3.8, 4) is 0 Å². The Labute approximate surface area is 60.3 Å². The predicted molar refractivity (Wildman–Crippen MR) is 37.7 cm³/mol. The molecule has 0 bridgehead atoms. The van der Waals surface area contributed by atoms with Crippen molar-refractivity contribution in [1.82, 2.24) is 0 Å². The van der Waals surface area contributed by atoms with E-state index in [0.29, 0.717) is 6.61 Å². The average molecular weight is 216 g/mol. The number of hydrogen-bond donors (Lipinski definition) is 0. The second kappa shape index (κ2) is 6.20. The lowest BCUT2D eigenvalue weighted by Gasteiger charge is -1.89. The van der Waals surface area contributed by atoms with Gasteiger partial charge in [0.05, 0.1) is 6.61 Å². The highest BCUT2D eigenvalue weighted by molar-refractivity contribution is 14.0. The predicted octanol–water partition coefficient (Wildman–Crippen LogP) is 1.19. The lowest BCUT2D eigenvalue weighted by Crippen LogP contribution is -1.95. The molecule has 0 aliphatic rings. The Balaban J connectivity index is 0. The molecule has 0 amide bonds. The Hall–Kier alpha value is 0.200. The first-order valence-electron chi connectivity index (χ1n) is 1.90. The summed E-state index contributed by atoms with van der Waals surface area (Å²) in [5.74, 6) is -0.211. The van der Waals surface area contributed by atoms with E-state index in [-0.39, 0.29) is 29.9 Å². The summed E-state index contributed by atoms with van der Waals surface area (Å²) in [7, 11) is 0. The molecule has 0 N–H and O–H groups in total. The summed E-state index contributed by atoms with van der Waals surface area (Å²) in [5.41, 5.74) is 0. The fourth-order valence-corrected chi connectivity index (χ4v) is 0.203. The molecule has 0 spiro atoms. The Morgan fingerprint density at radius 2 is 2.14 bits per heavy atom. The number of esters is 1. The van der Waals surface area contributed by atoms with Crippen LogP contribution in [0.4, 0.5) is 0 Å². The molecule has 44 valence electrons. The molecule has 0 radical (unpaired) electrons. The second-order valence-electron chi connectivity index (χ2n) is 0.925. The van der Waals surface area contributed by atoms with Gasteiger partial charge in [-0.25, -0.2) is 0 Å². The molecule has 0 fully saturated rings. The SMILES string of the molecule is CCOC(C)=O.I. The topological polar surface area (TPSA) is 26.3 Å². The Bertz CT molecular complexity index is 53.7. The highest BCUT2D eigenvalue weighted by Crippen LogP contribution is 1.69. The third kappa shape index (κ3) is 10.7. The van der Waals surface area contributed by atoms with E-state index in [1.54, 1.807) is 6.92 Å². The zero-order chi connectivity index (χ0) is 4.99. The van der Waals surface area contributed by atoms with Crippen LogP contribution in [0.25, 0.3) is 0 Å². The minimum Gasteiger partial charge on any atom is -0.466 e. The number of ether oxygens (including phenoxy) is 1. The molecule has 0 saturated heterocycles. The number of rotatable bonds is 1. The summed E-state index contributed by atoms with van der Waals surface area (Å²) in [6, 6.07) is 0. The van der Waals surface area contributed by atoms with Crippen molar-refractivity contribution in [1.29, 1.82) is 0 Å². The summed E-state index contributed by atoms with van der Waals surface area (Å²) < 4.78 is 4.40. The minimum atomic E-state index is -0.211. The first-order valence-corrected chi connectivity index (χ1v) is 1.90. The van der Waals surface area contributed by atoms with Crippen LogP contribution in [-0.2, 0) is 9.53 Å². The Morgan fingerprint density at radius 3 is 2.14 bits per heavy atom. The van der Waals surface area contributed by atoms with Gasteiger partial charge >= 0.3 is 5.97 Å². The van der Waals surface area contributed by atoms with Crippen molar-refractivity contribution in [2.24, 2.45) is 0 Å². The van der Waals surface area contributed by atoms with Crippen molar-refractivity contribution >= 4 is 29.9 Å². The molecular formula is C4H9IO2. The van der Waals surface area contributed by atoms with Crippen molar-refractivity contribution in [3.63, 3.8) is 0 Å². The number of carbonyl (C=O) groups excluding carboxylic acids is 1. The maximum atomic E-state index is 9.82. The first-order chi connectivity index (χ1) is 2.77. The smallest absolute Gasteiger partial charge is 0.302 e. The van der Waals surface area contributed by atoms with Gasteiger partial charge in [0.25, 0.3) is 0 Å². The summed E-state index contributed by atoms with van der Waals surface area (Å²) in [6.45, 7) is 3.65. The van der Waals surface area contributed by atoms with Crippen LogP contribution in [0.1, 0.15) is 13.8 Å². The molecule has 2 nitrogen and oxygen atoms in total. The van der Waals surface area contributed by atoms with Gasteiger partial charge in [-0.15, -0.1) is 24.0 Å². The summed E-state index contributed by atoms with van der Waals surface area (Å²) in [5, 5.41) is 0. The van der Waals surface area contributed by atoms with Crippen LogP contribution < -0.4 is 0 Å². The number of hydrogen-bond acceptors (Lipinski definition) is 2. The van der Waals surface area contributed by atoms with E-state index in [1.165, 1.54) is 6.92 Å². The van der Waals surface area contributed by atoms with E-state index in [4.69, 9.17) is 0 Å². The van der Waals surface area contributed by atoms with Crippen molar-refractivity contribution < 1.29 is 9.53 Å². The lowest BCUT2D eigenvalue weighted by atomic mass is 10.8. The zero-order valence-corrected chi connectivity index (χ0v) is 6.76. The van der Waals surface area contributed by atoms with Gasteiger partial charge in [-0.1, -0.05) is 0 Å². The molecule has 0 aliphatic carbocycles. The molecule has 0 saturated carbocycles. The average Bonchev–Trinajstić information content (AvgIpc) is 1.35. The van der Waals surface area contributed by atoms with E-state index in [9.17, 15) is 4.79 Å². The summed E-state index contributed by atoms with van der Waals surface area (Å²) in [4.78, 5) is 9.82. The van der Waals surface area contributed by atoms with Crippen LogP contribution in [0, 0.1) is 0 Å². The van der Waals surface area contributed by atoms with Gasteiger partial charge in [0.1, 0.15) is 0 Å². The van der Waals surface area contributed by atoms with Crippen LogP contribution in [0.2, 0.25) is 0 Å². The van der Waals surface area contributed by atoms with Gasteiger partial charge in [0.15, 0.2) is 0 Å². The molecular weight excluding hydrogens is 207 g/mol. The molecule has 0 aromatic heterocycles. The molecule has 0 aliphatic heterocycles. The molecule has 3 heteroatoms. The maximum Gasteiger partial charge on any atom is 0.302 e. The van der Waals surface area contributed by atoms with Crippen LogP contribution in [0.15, 0.2) is 0 Å². The highest BCUT2D eigenvalue weighted by Gasteiger charge is 1.81. The van der Waals surface area contributed by atoms with Crippen LogP contribution in [0.3, 0.4) is 0 Å². The monoisotopic (exact) mass is 216 g/mol. The standard InChI is InChI=1S/C4H8O2.HI/c1-3-6-4(2)5;/h3H2,1-2H3;1H. The molecule has 0 aromatic rings. The number of carbonyl (C=O) groups is 1. The van der Waals surface area contributed by atoms with E-state index in [1.807, 2.05) is 0 Å². The fourth-order valence-electron chi connectivity index (χ4n) is 0.203. The molecule has 0 heterocycles.